The van der Waals surface area contributed by atoms with Gasteiger partial charge in [-0.1, -0.05) is 76.2 Å². The SMILES string of the molecule is C=C(C)c1ccc2scc(-c3nc4ccccc4n3Cc3c(C(C)C)cccc3C(C)C)c2c1. The molecular weight excluding hydrogens is 432 g/mol. The van der Waals surface area contributed by atoms with Crippen LogP contribution < -0.4 is 0 Å². The highest BCUT2D eigenvalue weighted by molar-refractivity contribution is 7.17. The van der Waals surface area contributed by atoms with E-state index >= 15 is 0 Å². The summed E-state index contributed by atoms with van der Waals surface area (Å²) >= 11 is 1.79. The number of rotatable bonds is 6. The molecule has 2 aromatic heterocycles. The minimum atomic E-state index is 0.465. The van der Waals surface area contributed by atoms with Gasteiger partial charge >= 0.3 is 0 Å². The molecule has 0 aliphatic heterocycles. The second-order valence-corrected chi connectivity index (χ2v) is 10.8. The maximum absolute atomic E-state index is 5.17. The van der Waals surface area contributed by atoms with Crippen LogP contribution in [-0.4, -0.2) is 9.55 Å². The minimum absolute atomic E-state index is 0.465. The Hall–Kier alpha value is -3.17. The number of hydrogen-bond donors (Lipinski definition) is 0. The summed E-state index contributed by atoms with van der Waals surface area (Å²) in [5.41, 5.74) is 9.97. The van der Waals surface area contributed by atoms with E-state index in [1.54, 1.807) is 11.3 Å². The maximum atomic E-state index is 5.17. The Labute approximate surface area is 206 Å². The van der Waals surface area contributed by atoms with Crippen LogP contribution in [0.2, 0.25) is 0 Å². The Bertz CT molecular complexity index is 1490. The van der Waals surface area contributed by atoms with E-state index in [-0.39, 0.29) is 0 Å². The van der Waals surface area contributed by atoms with Crippen LogP contribution in [0, 0.1) is 0 Å². The number of thiophene rings is 1. The van der Waals surface area contributed by atoms with E-state index in [0.29, 0.717) is 11.8 Å². The monoisotopic (exact) mass is 464 g/mol. The molecule has 172 valence electrons. The summed E-state index contributed by atoms with van der Waals surface area (Å²) < 4.78 is 3.71. The highest BCUT2D eigenvalue weighted by Gasteiger charge is 2.20. The second-order valence-electron chi connectivity index (χ2n) is 9.88. The molecular formula is C31H32N2S. The molecule has 0 saturated carbocycles. The third kappa shape index (κ3) is 3.88. The normalized spacial score (nSPS) is 11.9. The molecule has 34 heavy (non-hydrogen) atoms. The predicted octanol–water partition coefficient (Wildman–Crippen LogP) is 9.25. The number of hydrogen-bond acceptors (Lipinski definition) is 2. The molecule has 0 unspecified atom stereocenters. The number of allylic oxidation sites excluding steroid dienone is 1. The molecule has 0 aliphatic rings. The molecule has 3 aromatic carbocycles. The number of nitrogens with zero attached hydrogens (tertiary/aromatic N) is 2. The summed E-state index contributed by atoms with van der Waals surface area (Å²) in [7, 11) is 0. The van der Waals surface area contributed by atoms with Gasteiger partial charge in [-0.3, -0.25) is 0 Å². The van der Waals surface area contributed by atoms with Gasteiger partial charge in [0.05, 0.1) is 17.6 Å². The van der Waals surface area contributed by atoms with Crippen molar-refractivity contribution in [3.8, 4) is 11.4 Å². The molecule has 2 heterocycles. The standard InChI is InChI=1S/C31H32N2S/c1-19(2)22-14-15-30-25(16-22)27(18-34-30)31-32-28-12-7-8-13-29(28)33(31)17-26-23(20(3)4)10-9-11-24(26)21(5)6/h7-16,18,20-21H,1,17H2,2-6H3. The molecule has 0 spiro atoms. The van der Waals surface area contributed by atoms with E-state index in [0.717, 1.165) is 23.5 Å². The highest BCUT2D eigenvalue weighted by atomic mass is 32.1. The van der Waals surface area contributed by atoms with Crippen LogP contribution in [-0.2, 0) is 6.54 Å². The predicted molar refractivity (Wildman–Crippen MR) is 149 cm³/mol. The zero-order valence-electron chi connectivity index (χ0n) is 20.7. The molecule has 0 amide bonds. The molecule has 0 bridgehead atoms. The van der Waals surface area contributed by atoms with Gasteiger partial charge < -0.3 is 4.57 Å². The zero-order valence-corrected chi connectivity index (χ0v) is 21.5. The van der Waals surface area contributed by atoms with Gasteiger partial charge in [-0.2, -0.15) is 0 Å². The zero-order chi connectivity index (χ0) is 24.0. The van der Waals surface area contributed by atoms with Gasteiger partial charge in [-0.05, 0) is 65.3 Å². The summed E-state index contributed by atoms with van der Waals surface area (Å²) in [4.78, 5) is 5.17. The maximum Gasteiger partial charge on any atom is 0.142 e. The first-order valence-corrected chi connectivity index (χ1v) is 13.0. The van der Waals surface area contributed by atoms with Gasteiger partial charge in [-0.15, -0.1) is 11.3 Å². The van der Waals surface area contributed by atoms with Gasteiger partial charge in [0, 0.05) is 21.0 Å². The smallest absolute Gasteiger partial charge is 0.142 e. The number of benzene rings is 3. The molecule has 0 aliphatic carbocycles. The van der Waals surface area contributed by atoms with Crippen molar-refractivity contribution in [3.63, 3.8) is 0 Å². The van der Waals surface area contributed by atoms with Crippen molar-refractivity contribution >= 4 is 38.0 Å². The van der Waals surface area contributed by atoms with E-state index in [1.807, 2.05) is 0 Å². The summed E-state index contributed by atoms with van der Waals surface area (Å²) in [6.45, 7) is 16.2. The molecule has 0 N–H and O–H groups in total. The molecule has 0 fully saturated rings. The number of aromatic nitrogens is 2. The lowest BCUT2D eigenvalue weighted by molar-refractivity contribution is 0.750. The third-order valence-electron chi connectivity index (χ3n) is 6.77. The van der Waals surface area contributed by atoms with E-state index in [1.165, 1.54) is 43.4 Å². The van der Waals surface area contributed by atoms with Gasteiger partial charge in [0.15, 0.2) is 0 Å². The number of para-hydroxylation sites is 2. The van der Waals surface area contributed by atoms with E-state index < -0.39 is 0 Å². The number of fused-ring (bicyclic) bond motifs is 2. The Morgan fingerprint density at radius 1 is 0.941 bits per heavy atom. The summed E-state index contributed by atoms with van der Waals surface area (Å²) in [5.74, 6) is 1.97. The van der Waals surface area contributed by atoms with Crippen LogP contribution in [0.3, 0.4) is 0 Å². The molecule has 5 rings (SSSR count). The van der Waals surface area contributed by atoms with E-state index in [4.69, 9.17) is 4.98 Å². The van der Waals surface area contributed by atoms with Crippen molar-refractivity contribution in [2.45, 2.75) is 53.0 Å². The largest absolute Gasteiger partial charge is 0.319 e. The van der Waals surface area contributed by atoms with Gasteiger partial charge in [0.25, 0.3) is 0 Å². The second kappa shape index (κ2) is 8.88. The van der Waals surface area contributed by atoms with Gasteiger partial charge in [0.1, 0.15) is 5.82 Å². The molecule has 0 radical (unpaired) electrons. The molecule has 2 nitrogen and oxygen atoms in total. The average Bonchev–Trinajstić information content (AvgIpc) is 3.39. The quantitative estimate of drug-likeness (QED) is 0.245. The van der Waals surface area contributed by atoms with Crippen molar-refractivity contribution in [2.75, 3.05) is 0 Å². The van der Waals surface area contributed by atoms with Crippen LogP contribution >= 0.6 is 11.3 Å². The van der Waals surface area contributed by atoms with Crippen LogP contribution in [0.15, 0.2) is 72.6 Å². The molecule has 0 saturated heterocycles. The Morgan fingerprint density at radius 2 is 1.65 bits per heavy atom. The summed E-state index contributed by atoms with van der Waals surface area (Å²) in [6.07, 6.45) is 0. The molecule has 3 heteroatoms. The van der Waals surface area contributed by atoms with E-state index in [2.05, 4.69) is 112 Å². The lowest BCUT2D eigenvalue weighted by Gasteiger charge is -2.21. The van der Waals surface area contributed by atoms with Crippen molar-refractivity contribution in [1.82, 2.24) is 9.55 Å². The minimum Gasteiger partial charge on any atom is -0.319 e. The highest BCUT2D eigenvalue weighted by Crippen LogP contribution is 2.38. The summed E-state index contributed by atoms with van der Waals surface area (Å²) in [5, 5.41) is 3.52. The van der Waals surface area contributed by atoms with Crippen molar-refractivity contribution in [1.29, 1.82) is 0 Å². The van der Waals surface area contributed by atoms with E-state index in [9.17, 15) is 0 Å². The van der Waals surface area contributed by atoms with Crippen LogP contribution in [0.4, 0.5) is 0 Å². The van der Waals surface area contributed by atoms with Crippen LogP contribution in [0.5, 0.6) is 0 Å². The average molecular weight is 465 g/mol. The fourth-order valence-corrected chi connectivity index (χ4v) is 5.87. The lowest BCUT2D eigenvalue weighted by Crippen LogP contribution is -2.10. The summed E-state index contributed by atoms with van der Waals surface area (Å²) in [6, 6.07) is 22.0. The van der Waals surface area contributed by atoms with Crippen molar-refractivity contribution in [3.05, 3.63) is 94.9 Å². The van der Waals surface area contributed by atoms with Gasteiger partial charge in [0.2, 0.25) is 0 Å². The Morgan fingerprint density at radius 3 is 2.32 bits per heavy atom. The van der Waals surface area contributed by atoms with Crippen LogP contribution in [0.1, 0.15) is 68.7 Å². The first kappa shape index (κ1) is 22.6. The fraction of sp³-hybridized carbons (Fsp3) is 0.258. The molecule has 5 aromatic rings. The number of imidazole rings is 1. The van der Waals surface area contributed by atoms with Crippen molar-refractivity contribution in [2.24, 2.45) is 0 Å². The van der Waals surface area contributed by atoms with Gasteiger partial charge in [-0.25, -0.2) is 4.98 Å². The topological polar surface area (TPSA) is 17.8 Å². The fourth-order valence-electron chi connectivity index (χ4n) is 4.95. The Balaban J connectivity index is 1.76. The lowest BCUT2D eigenvalue weighted by atomic mass is 9.88. The molecule has 0 atom stereocenters. The Kier molecular flexibility index (Phi) is 5.91. The first-order valence-electron chi connectivity index (χ1n) is 12.1. The first-order chi connectivity index (χ1) is 16.3. The van der Waals surface area contributed by atoms with Crippen molar-refractivity contribution < 1.29 is 0 Å². The third-order valence-corrected chi connectivity index (χ3v) is 7.73. The van der Waals surface area contributed by atoms with Crippen LogP contribution in [0.25, 0.3) is 38.1 Å².